The van der Waals surface area contributed by atoms with Crippen LogP contribution in [0.15, 0.2) is 48.7 Å². The highest BCUT2D eigenvalue weighted by Crippen LogP contribution is 2.31. The second kappa shape index (κ2) is 6.20. The molecule has 0 spiro atoms. The van der Waals surface area contributed by atoms with Crippen LogP contribution in [-0.4, -0.2) is 11.3 Å². The molecule has 1 N–H and O–H groups in total. The van der Waals surface area contributed by atoms with Gasteiger partial charge < -0.3 is 10.1 Å². The second-order valence-corrected chi connectivity index (χ2v) is 5.61. The van der Waals surface area contributed by atoms with Gasteiger partial charge in [-0.2, -0.15) is 0 Å². The molecule has 0 unspecified atom stereocenters. The van der Waals surface area contributed by atoms with Gasteiger partial charge in [0.2, 0.25) is 0 Å². The van der Waals surface area contributed by atoms with Crippen LogP contribution in [0.5, 0.6) is 5.75 Å². The zero-order chi connectivity index (χ0) is 17.3. The number of hydrogen-bond donors (Lipinski definition) is 1. The van der Waals surface area contributed by atoms with Gasteiger partial charge in [-0.1, -0.05) is 29.3 Å². The Labute approximate surface area is 141 Å². The molecule has 3 rings (SSSR count). The number of anilines is 2. The Kier molecular flexibility index (Phi) is 4.24. The summed E-state index contributed by atoms with van der Waals surface area (Å²) in [6.07, 6.45) is -3.17. The summed E-state index contributed by atoms with van der Waals surface area (Å²) in [5, 5.41) is 5.29. The maximum absolute atomic E-state index is 12.2. The van der Waals surface area contributed by atoms with Gasteiger partial charge in [-0.05, 0) is 37.3 Å². The van der Waals surface area contributed by atoms with Crippen molar-refractivity contribution in [3.8, 4) is 5.75 Å². The highest BCUT2D eigenvalue weighted by Gasteiger charge is 2.30. The maximum atomic E-state index is 12.2. The summed E-state index contributed by atoms with van der Waals surface area (Å²) in [7, 11) is 0. The molecule has 1 heterocycles. The van der Waals surface area contributed by atoms with Gasteiger partial charge in [0.25, 0.3) is 0 Å². The SMILES string of the molecule is Cc1ccc2c(Nc3ccc(OC(F)(F)F)cc3)ncc(Cl)c2c1. The first kappa shape index (κ1) is 16.4. The van der Waals surface area contributed by atoms with Crippen molar-refractivity contribution in [2.45, 2.75) is 13.3 Å². The van der Waals surface area contributed by atoms with E-state index >= 15 is 0 Å². The average Bonchev–Trinajstić information content (AvgIpc) is 2.51. The fourth-order valence-electron chi connectivity index (χ4n) is 2.30. The number of halogens is 4. The van der Waals surface area contributed by atoms with Crippen LogP contribution in [0, 0.1) is 6.92 Å². The smallest absolute Gasteiger partial charge is 0.406 e. The van der Waals surface area contributed by atoms with Crippen LogP contribution in [0.2, 0.25) is 5.02 Å². The molecular weight excluding hydrogens is 341 g/mol. The molecule has 2 aromatic carbocycles. The molecule has 3 nitrogen and oxygen atoms in total. The number of nitrogens with one attached hydrogen (secondary N) is 1. The average molecular weight is 353 g/mol. The van der Waals surface area contributed by atoms with E-state index in [1.165, 1.54) is 30.5 Å². The maximum Gasteiger partial charge on any atom is 0.573 e. The topological polar surface area (TPSA) is 34.1 Å². The van der Waals surface area contributed by atoms with Gasteiger partial charge in [0.05, 0.1) is 5.02 Å². The monoisotopic (exact) mass is 352 g/mol. The molecule has 124 valence electrons. The first-order valence-corrected chi connectivity index (χ1v) is 7.37. The van der Waals surface area contributed by atoms with Crippen LogP contribution in [-0.2, 0) is 0 Å². The third-order valence-electron chi connectivity index (χ3n) is 3.35. The molecule has 0 atom stereocenters. The zero-order valence-electron chi connectivity index (χ0n) is 12.5. The quantitative estimate of drug-likeness (QED) is 0.643. The van der Waals surface area contributed by atoms with Crippen molar-refractivity contribution >= 4 is 33.9 Å². The van der Waals surface area contributed by atoms with Crippen LogP contribution in [0.4, 0.5) is 24.7 Å². The van der Waals surface area contributed by atoms with E-state index in [-0.39, 0.29) is 5.75 Å². The normalized spacial score (nSPS) is 11.5. The molecule has 1 aromatic heterocycles. The number of fused-ring (bicyclic) bond motifs is 1. The molecule has 7 heteroatoms. The summed E-state index contributed by atoms with van der Waals surface area (Å²) < 4.78 is 40.4. The molecule has 24 heavy (non-hydrogen) atoms. The van der Waals surface area contributed by atoms with E-state index in [0.717, 1.165) is 16.3 Å². The Hall–Kier alpha value is -2.47. The summed E-state index contributed by atoms with van der Waals surface area (Å²) >= 11 is 6.17. The van der Waals surface area contributed by atoms with Crippen LogP contribution in [0.1, 0.15) is 5.56 Å². The Morgan fingerprint density at radius 3 is 2.42 bits per heavy atom. The van der Waals surface area contributed by atoms with Gasteiger partial charge in [-0.15, -0.1) is 13.2 Å². The molecule has 0 amide bonds. The van der Waals surface area contributed by atoms with Crippen LogP contribution in [0.25, 0.3) is 10.8 Å². The number of pyridine rings is 1. The van der Waals surface area contributed by atoms with E-state index in [9.17, 15) is 13.2 Å². The van der Waals surface area contributed by atoms with Crippen molar-refractivity contribution in [3.63, 3.8) is 0 Å². The minimum Gasteiger partial charge on any atom is -0.406 e. The lowest BCUT2D eigenvalue weighted by atomic mass is 10.1. The van der Waals surface area contributed by atoms with Gasteiger partial charge in [-0.25, -0.2) is 4.98 Å². The lowest BCUT2D eigenvalue weighted by Crippen LogP contribution is -2.16. The van der Waals surface area contributed by atoms with Crippen molar-refractivity contribution < 1.29 is 17.9 Å². The van der Waals surface area contributed by atoms with E-state index in [2.05, 4.69) is 15.0 Å². The molecular formula is C17H12ClF3N2O. The molecule has 0 radical (unpaired) electrons. The second-order valence-electron chi connectivity index (χ2n) is 5.20. The molecule has 0 bridgehead atoms. The van der Waals surface area contributed by atoms with Crippen LogP contribution >= 0.6 is 11.6 Å². The van der Waals surface area contributed by atoms with E-state index in [0.29, 0.717) is 16.5 Å². The standard InChI is InChI=1S/C17H12ClF3N2O/c1-10-2-7-13-14(8-10)15(18)9-22-16(13)23-11-3-5-12(6-4-11)24-17(19,20)21/h2-9H,1H3,(H,22,23). The Bertz CT molecular complexity index is 879. The number of alkyl halides is 3. The van der Waals surface area contributed by atoms with Crippen LogP contribution in [0.3, 0.4) is 0 Å². The lowest BCUT2D eigenvalue weighted by molar-refractivity contribution is -0.274. The molecule has 0 aliphatic heterocycles. The van der Waals surface area contributed by atoms with E-state index in [1.54, 1.807) is 0 Å². The fraction of sp³-hybridized carbons (Fsp3) is 0.118. The molecule has 3 aromatic rings. The van der Waals surface area contributed by atoms with Gasteiger partial charge >= 0.3 is 6.36 Å². The van der Waals surface area contributed by atoms with Crippen molar-refractivity contribution in [1.82, 2.24) is 4.98 Å². The third-order valence-corrected chi connectivity index (χ3v) is 3.65. The summed E-state index contributed by atoms with van der Waals surface area (Å²) in [4.78, 5) is 4.26. The predicted octanol–water partition coefficient (Wildman–Crippen LogP) is 5.84. The Morgan fingerprint density at radius 1 is 1.04 bits per heavy atom. The van der Waals surface area contributed by atoms with Gasteiger partial charge in [0.1, 0.15) is 11.6 Å². The summed E-state index contributed by atoms with van der Waals surface area (Å²) in [5.41, 5.74) is 1.65. The molecule has 0 saturated heterocycles. The zero-order valence-corrected chi connectivity index (χ0v) is 13.2. The number of rotatable bonds is 3. The minimum atomic E-state index is -4.71. The number of hydrogen-bond acceptors (Lipinski definition) is 3. The number of benzene rings is 2. The van der Waals surface area contributed by atoms with E-state index in [4.69, 9.17) is 11.6 Å². The summed E-state index contributed by atoms with van der Waals surface area (Å²) in [5.74, 6) is 0.288. The van der Waals surface area contributed by atoms with Crippen LogP contribution < -0.4 is 10.1 Å². The van der Waals surface area contributed by atoms with Crippen molar-refractivity contribution in [2.75, 3.05) is 5.32 Å². The first-order valence-electron chi connectivity index (χ1n) is 6.99. The van der Waals surface area contributed by atoms with Crippen molar-refractivity contribution in [1.29, 1.82) is 0 Å². The Morgan fingerprint density at radius 2 is 1.75 bits per heavy atom. The van der Waals surface area contributed by atoms with E-state index < -0.39 is 6.36 Å². The van der Waals surface area contributed by atoms with Crippen molar-refractivity contribution in [2.24, 2.45) is 0 Å². The molecule has 0 aliphatic rings. The number of nitrogens with zero attached hydrogens (tertiary/aromatic N) is 1. The van der Waals surface area contributed by atoms with Crippen molar-refractivity contribution in [3.05, 3.63) is 59.2 Å². The molecule has 0 fully saturated rings. The molecule has 0 aliphatic carbocycles. The van der Waals surface area contributed by atoms with Gasteiger partial charge in [-0.3, -0.25) is 0 Å². The Balaban J connectivity index is 1.89. The first-order chi connectivity index (χ1) is 11.3. The largest absolute Gasteiger partial charge is 0.573 e. The minimum absolute atomic E-state index is 0.280. The summed E-state index contributed by atoms with van der Waals surface area (Å²) in [6, 6.07) is 11.2. The highest BCUT2D eigenvalue weighted by molar-refractivity contribution is 6.35. The number of ether oxygens (including phenoxy) is 1. The summed E-state index contributed by atoms with van der Waals surface area (Å²) in [6.45, 7) is 1.96. The highest BCUT2D eigenvalue weighted by atomic mass is 35.5. The van der Waals surface area contributed by atoms with E-state index in [1.807, 2.05) is 25.1 Å². The predicted molar refractivity (Wildman–Crippen MR) is 87.9 cm³/mol. The fourth-order valence-corrected chi connectivity index (χ4v) is 2.50. The number of aromatic nitrogens is 1. The van der Waals surface area contributed by atoms with Gasteiger partial charge in [0.15, 0.2) is 0 Å². The lowest BCUT2D eigenvalue weighted by Gasteiger charge is -2.12. The molecule has 0 saturated carbocycles. The number of aryl methyl sites for hydroxylation is 1. The third kappa shape index (κ3) is 3.71. The van der Waals surface area contributed by atoms with Gasteiger partial charge in [0, 0.05) is 22.7 Å².